The van der Waals surface area contributed by atoms with Gasteiger partial charge in [0.25, 0.3) is 0 Å². The molecule has 0 aromatic heterocycles. The van der Waals surface area contributed by atoms with E-state index in [-0.39, 0.29) is 30.3 Å². The van der Waals surface area contributed by atoms with Crippen molar-refractivity contribution in [1.29, 1.82) is 0 Å². The van der Waals surface area contributed by atoms with Gasteiger partial charge in [-0.25, -0.2) is 0 Å². The molecule has 2 N–H and O–H groups in total. The third kappa shape index (κ3) is 3.74. The van der Waals surface area contributed by atoms with Crippen LogP contribution in [0.2, 0.25) is 0 Å². The second-order valence-electron chi connectivity index (χ2n) is 6.81. The Morgan fingerprint density at radius 2 is 1.86 bits per heavy atom. The molecule has 0 aromatic carbocycles. The molecule has 0 radical (unpaired) electrons. The van der Waals surface area contributed by atoms with Gasteiger partial charge < -0.3 is 15.5 Å². The SMILES string of the molecule is CCCC(=O)N1CCCC1C(=O)NC1CC2CCC(C1)N2.Cl. The Balaban J connectivity index is 0.00000176. The van der Waals surface area contributed by atoms with E-state index in [2.05, 4.69) is 10.6 Å². The molecule has 0 aliphatic carbocycles. The lowest BCUT2D eigenvalue weighted by molar-refractivity contribution is -0.138. The van der Waals surface area contributed by atoms with Crippen molar-refractivity contribution >= 4 is 24.2 Å². The van der Waals surface area contributed by atoms with Crippen LogP contribution in [0.1, 0.15) is 58.3 Å². The first kappa shape index (κ1) is 17.5. The Labute approximate surface area is 139 Å². The number of hydrogen-bond donors (Lipinski definition) is 2. The maximum absolute atomic E-state index is 12.5. The predicted molar refractivity (Wildman–Crippen MR) is 88.0 cm³/mol. The van der Waals surface area contributed by atoms with Crippen molar-refractivity contribution in [2.75, 3.05) is 6.54 Å². The molecule has 3 unspecified atom stereocenters. The number of carbonyl (C=O) groups excluding carboxylic acids is 2. The molecule has 3 fully saturated rings. The van der Waals surface area contributed by atoms with Crippen molar-refractivity contribution in [2.24, 2.45) is 0 Å². The monoisotopic (exact) mass is 329 g/mol. The van der Waals surface area contributed by atoms with E-state index in [1.165, 1.54) is 12.8 Å². The molecule has 3 atom stereocenters. The van der Waals surface area contributed by atoms with Gasteiger partial charge in [0.1, 0.15) is 6.04 Å². The standard InChI is InChI=1S/C16H27N3O2.ClH/c1-2-4-15(20)19-8-3-5-14(19)16(21)18-13-9-11-6-7-12(10-13)17-11;/h11-14,17H,2-10H2,1H3,(H,18,21);1H. The second kappa shape index (κ2) is 7.64. The first-order chi connectivity index (χ1) is 10.2. The maximum Gasteiger partial charge on any atom is 0.243 e. The molecule has 3 aliphatic heterocycles. The van der Waals surface area contributed by atoms with E-state index in [1.54, 1.807) is 4.90 Å². The fraction of sp³-hybridized carbons (Fsp3) is 0.875. The van der Waals surface area contributed by atoms with E-state index in [9.17, 15) is 9.59 Å². The van der Waals surface area contributed by atoms with Gasteiger partial charge in [-0.05, 0) is 44.9 Å². The molecule has 6 heteroatoms. The maximum atomic E-state index is 12.5. The lowest BCUT2D eigenvalue weighted by Gasteiger charge is -2.32. The fourth-order valence-electron chi connectivity index (χ4n) is 4.17. The van der Waals surface area contributed by atoms with E-state index in [1.807, 2.05) is 6.92 Å². The number of halogens is 1. The Kier molecular flexibility index (Phi) is 6.09. The minimum absolute atomic E-state index is 0. The van der Waals surface area contributed by atoms with Crippen LogP contribution in [0, 0.1) is 0 Å². The minimum Gasteiger partial charge on any atom is -0.351 e. The van der Waals surface area contributed by atoms with Crippen molar-refractivity contribution in [2.45, 2.75) is 82.5 Å². The topological polar surface area (TPSA) is 61.4 Å². The van der Waals surface area contributed by atoms with Gasteiger partial charge in [0, 0.05) is 31.1 Å². The molecule has 3 heterocycles. The molecule has 0 aromatic rings. The average Bonchev–Trinajstić information content (AvgIpc) is 3.06. The van der Waals surface area contributed by atoms with Crippen molar-refractivity contribution in [1.82, 2.24) is 15.5 Å². The third-order valence-corrected chi connectivity index (χ3v) is 5.16. The van der Waals surface area contributed by atoms with Gasteiger partial charge in [0.05, 0.1) is 0 Å². The van der Waals surface area contributed by atoms with Gasteiger partial charge in [0.15, 0.2) is 0 Å². The molecule has 3 aliphatic rings. The van der Waals surface area contributed by atoms with Gasteiger partial charge in [-0.1, -0.05) is 6.92 Å². The number of carbonyl (C=O) groups is 2. The van der Waals surface area contributed by atoms with Gasteiger partial charge in [0.2, 0.25) is 11.8 Å². The molecule has 5 nitrogen and oxygen atoms in total. The van der Waals surface area contributed by atoms with Gasteiger partial charge in [-0.15, -0.1) is 12.4 Å². The van der Waals surface area contributed by atoms with Crippen LogP contribution < -0.4 is 10.6 Å². The van der Waals surface area contributed by atoms with Crippen molar-refractivity contribution < 1.29 is 9.59 Å². The molecular weight excluding hydrogens is 302 g/mol. The highest BCUT2D eigenvalue weighted by atomic mass is 35.5. The predicted octanol–water partition coefficient (Wildman–Crippen LogP) is 1.60. The minimum atomic E-state index is -0.225. The summed E-state index contributed by atoms with van der Waals surface area (Å²) in [6, 6.07) is 1.22. The van der Waals surface area contributed by atoms with E-state index in [4.69, 9.17) is 0 Å². The van der Waals surface area contributed by atoms with E-state index in [0.29, 0.717) is 24.5 Å². The van der Waals surface area contributed by atoms with Crippen LogP contribution in [0.15, 0.2) is 0 Å². The zero-order chi connectivity index (χ0) is 14.8. The van der Waals surface area contributed by atoms with Crippen molar-refractivity contribution in [3.8, 4) is 0 Å². The Morgan fingerprint density at radius 1 is 1.18 bits per heavy atom. The highest BCUT2D eigenvalue weighted by Crippen LogP contribution is 2.27. The number of amides is 2. The second-order valence-corrected chi connectivity index (χ2v) is 6.81. The zero-order valence-corrected chi connectivity index (χ0v) is 14.2. The van der Waals surface area contributed by atoms with E-state index in [0.717, 1.165) is 38.6 Å². The highest BCUT2D eigenvalue weighted by Gasteiger charge is 2.37. The van der Waals surface area contributed by atoms with Crippen LogP contribution in [-0.2, 0) is 9.59 Å². The van der Waals surface area contributed by atoms with Crippen molar-refractivity contribution in [3.63, 3.8) is 0 Å². The first-order valence-electron chi connectivity index (χ1n) is 8.53. The summed E-state index contributed by atoms with van der Waals surface area (Å²) < 4.78 is 0. The molecule has 3 saturated heterocycles. The normalized spacial score (nSPS) is 33.4. The average molecular weight is 330 g/mol. The number of likely N-dealkylation sites (tertiary alicyclic amines) is 1. The first-order valence-corrected chi connectivity index (χ1v) is 8.53. The smallest absolute Gasteiger partial charge is 0.243 e. The third-order valence-electron chi connectivity index (χ3n) is 5.16. The lowest BCUT2D eigenvalue weighted by Crippen LogP contribution is -2.53. The lowest BCUT2D eigenvalue weighted by atomic mass is 9.99. The summed E-state index contributed by atoms with van der Waals surface area (Å²) in [5.74, 6) is 0.212. The van der Waals surface area contributed by atoms with Gasteiger partial charge >= 0.3 is 0 Å². The largest absolute Gasteiger partial charge is 0.351 e. The van der Waals surface area contributed by atoms with Crippen LogP contribution >= 0.6 is 12.4 Å². The van der Waals surface area contributed by atoms with Crippen molar-refractivity contribution in [3.05, 3.63) is 0 Å². The van der Waals surface area contributed by atoms with Crippen LogP contribution in [0.5, 0.6) is 0 Å². The van der Waals surface area contributed by atoms with Crippen LogP contribution in [0.25, 0.3) is 0 Å². The van der Waals surface area contributed by atoms with Crippen LogP contribution in [-0.4, -0.2) is 47.4 Å². The Bertz CT molecular complexity index is 406. The molecule has 3 rings (SSSR count). The van der Waals surface area contributed by atoms with E-state index < -0.39 is 0 Å². The molecule has 2 bridgehead atoms. The molecule has 2 amide bonds. The number of nitrogens with one attached hydrogen (secondary N) is 2. The number of rotatable bonds is 4. The summed E-state index contributed by atoms with van der Waals surface area (Å²) in [7, 11) is 0. The molecule has 22 heavy (non-hydrogen) atoms. The number of piperidine rings is 1. The quantitative estimate of drug-likeness (QED) is 0.823. The van der Waals surface area contributed by atoms with Crippen LogP contribution in [0.3, 0.4) is 0 Å². The number of nitrogens with zero attached hydrogens (tertiary/aromatic N) is 1. The summed E-state index contributed by atoms with van der Waals surface area (Å²) in [4.78, 5) is 26.4. The molecule has 0 spiro atoms. The highest BCUT2D eigenvalue weighted by molar-refractivity contribution is 5.88. The zero-order valence-electron chi connectivity index (χ0n) is 13.3. The fourth-order valence-corrected chi connectivity index (χ4v) is 4.17. The van der Waals surface area contributed by atoms with E-state index >= 15 is 0 Å². The summed E-state index contributed by atoms with van der Waals surface area (Å²) in [5.41, 5.74) is 0. The Hall–Kier alpha value is -0.810. The van der Waals surface area contributed by atoms with Gasteiger partial charge in [-0.2, -0.15) is 0 Å². The van der Waals surface area contributed by atoms with Gasteiger partial charge in [-0.3, -0.25) is 9.59 Å². The summed E-state index contributed by atoms with van der Waals surface area (Å²) in [6.07, 6.45) is 7.73. The summed E-state index contributed by atoms with van der Waals surface area (Å²) >= 11 is 0. The number of hydrogen-bond acceptors (Lipinski definition) is 3. The van der Waals surface area contributed by atoms with Crippen LogP contribution in [0.4, 0.5) is 0 Å². The molecule has 0 saturated carbocycles. The molecule has 126 valence electrons. The number of fused-ring (bicyclic) bond motifs is 2. The molecular formula is C16H28ClN3O2. The summed E-state index contributed by atoms with van der Waals surface area (Å²) in [6.45, 7) is 2.75. The Morgan fingerprint density at radius 3 is 2.50 bits per heavy atom. The summed E-state index contributed by atoms with van der Waals surface area (Å²) in [5, 5.41) is 6.81.